The van der Waals surface area contributed by atoms with E-state index < -0.39 is 0 Å². The van der Waals surface area contributed by atoms with Gasteiger partial charge in [-0.05, 0) is 24.7 Å². The topological polar surface area (TPSA) is 21.3 Å². The lowest BCUT2D eigenvalue weighted by atomic mass is 10.2. The Labute approximate surface area is 123 Å². The fourth-order valence-electron chi connectivity index (χ4n) is 1.68. The molecule has 0 atom stereocenters. The lowest BCUT2D eigenvalue weighted by Crippen LogP contribution is -2.12. The van der Waals surface area contributed by atoms with Crippen molar-refractivity contribution < 1.29 is 4.74 Å². The smallest absolute Gasteiger partial charge is 0.131 e. The normalized spacial score (nSPS) is 10.5. The fourth-order valence-corrected chi connectivity index (χ4v) is 1.96. The van der Waals surface area contributed by atoms with E-state index in [0.717, 1.165) is 24.4 Å². The van der Waals surface area contributed by atoms with Crippen LogP contribution in [-0.4, -0.2) is 6.54 Å². The molecule has 2 aromatic rings. The van der Waals surface area contributed by atoms with Gasteiger partial charge in [0, 0.05) is 18.2 Å². The summed E-state index contributed by atoms with van der Waals surface area (Å²) in [6.45, 7) is 3.76. The van der Waals surface area contributed by atoms with E-state index in [1.807, 2.05) is 24.3 Å². The highest BCUT2D eigenvalue weighted by Crippen LogP contribution is 2.30. The van der Waals surface area contributed by atoms with Crippen LogP contribution < -0.4 is 10.1 Å². The van der Waals surface area contributed by atoms with E-state index >= 15 is 0 Å². The molecule has 0 heterocycles. The van der Waals surface area contributed by atoms with Crippen LogP contribution in [0.5, 0.6) is 11.5 Å². The number of halogens is 2. The Balaban J connectivity index is 2.20. The van der Waals surface area contributed by atoms with Gasteiger partial charge in [0.1, 0.15) is 11.5 Å². The molecule has 100 valence electrons. The molecule has 4 heteroatoms. The van der Waals surface area contributed by atoms with Gasteiger partial charge in [0.15, 0.2) is 0 Å². The number of rotatable bonds is 5. The summed E-state index contributed by atoms with van der Waals surface area (Å²) in [5.74, 6) is 1.50. The van der Waals surface area contributed by atoms with Crippen molar-refractivity contribution in [3.8, 4) is 11.5 Å². The van der Waals surface area contributed by atoms with E-state index in [2.05, 4.69) is 12.2 Å². The van der Waals surface area contributed by atoms with Crippen molar-refractivity contribution in [3.05, 3.63) is 58.1 Å². The van der Waals surface area contributed by atoms with Crippen LogP contribution in [0.25, 0.3) is 0 Å². The van der Waals surface area contributed by atoms with Gasteiger partial charge in [0.2, 0.25) is 0 Å². The van der Waals surface area contributed by atoms with E-state index in [0.29, 0.717) is 15.8 Å². The maximum absolute atomic E-state index is 5.98. The van der Waals surface area contributed by atoms with Crippen LogP contribution >= 0.6 is 23.2 Å². The van der Waals surface area contributed by atoms with E-state index in [4.69, 9.17) is 27.9 Å². The van der Waals surface area contributed by atoms with Crippen molar-refractivity contribution in [3.63, 3.8) is 0 Å². The Bertz CT molecular complexity index is 558. The van der Waals surface area contributed by atoms with Crippen LogP contribution in [-0.2, 0) is 6.54 Å². The molecule has 0 aliphatic heterocycles. The third-order valence-corrected chi connectivity index (χ3v) is 3.40. The summed E-state index contributed by atoms with van der Waals surface area (Å²) in [5, 5.41) is 4.30. The predicted molar refractivity (Wildman–Crippen MR) is 80.4 cm³/mol. The lowest BCUT2D eigenvalue weighted by molar-refractivity contribution is 0.473. The van der Waals surface area contributed by atoms with Gasteiger partial charge in [0.25, 0.3) is 0 Å². The third-order valence-electron chi connectivity index (χ3n) is 2.66. The molecule has 0 aliphatic rings. The van der Waals surface area contributed by atoms with Crippen LogP contribution in [0.15, 0.2) is 42.5 Å². The molecule has 1 N–H and O–H groups in total. The first kappa shape index (κ1) is 14.2. The monoisotopic (exact) mass is 295 g/mol. The van der Waals surface area contributed by atoms with Crippen molar-refractivity contribution in [2.24, 2.45) is 0 Å². The number of hydrogen-bond donors (Lipinski definition) is 1. The minimum Gasteiger partial charge on any atom is -0.457 e. The largest absolute Gasteiger partial charge is 0.457 e. The molecule has 0 aromatic heterocycles. The number of para-hydroxylation sites is 1. The molecule has 2 nitrogen and oxygen atoms in total. The number of nitrogens with one attached hydrogen (secondary N) is 1. The summed E-state index contributed by atoms with van der Waals surface area (Å²) in [6, 6.07) is 13.2. The van der Waals surface area contributed by atoms with Crippen molar-refractivity contribution in [2.45, 2.75) is 13.5 Å². The van der Waals surface area contributed by atoms with Gasteiger partial charge in [-0.15, -0.1) is 0 Å². The Morgan fingerprint density at radius 1 is 1.05 bits per heavy atom. The maximum Gasteiger partial charge on any atom is 0.131 e. The van der Waals surface area contributed by atoms with Gasteiger partial charge in [-0.2, -0.15) is 0 Å². The summed E-state index contributed by atoms with van der Waals surface area (Å²) in [4.78, 5) is 0. The van der Waals surface area contributed by atoms with Crippen molar-refractivity contribution >= 4 is 23.2 Å². The Morgan fingerprint density at radius 3 is 2.58 bits per heavy atom. The predicted octanol–water partition coefficient (Wildman–Crippen LogP) is 4.90. The third kappa shape index (κ3) is 3.87. The molecular weight excluding hydrogens is 281 g/mol. The summed E-state index contributed by atoms with van der Waals surface area (Å²) in [6.07, 6.45) is 0. The minimum atomic E-state index is 0.489. The van der Waals surface area contributed by atoms with E-state index in [9.17, 15) is 0 Å². The standard InChI is InChI=1S/C15H15Cl2NO/c1-2-18-10-11-5-3-4-6-15(11)19-12-7-8-13(16)14(17)9-12/h3-9,18H,2,10H2,1H3. The molecule has 0 spiro atoms. The minimum absolute atomic E-state index is 0.489. The summed E-state index contributed by atoms with van der Waals surface area (Å²) in [5.41, 5.74) is 1.11. The van der Waals surface area contributed by atoms with Gasteiger partial charge >= 0.3 is 0 Å². The average Bonchev–Trinajstić information content (AvgIpc) is 2.42. The second-order valence-electron chi connectivity index (χ2n) is 4.07. The van der Waals surface area contributed by atoms with Crippen molar-refractivity contribution in [1.29, 1.82) is 0 Å². The first-order valence-corrected chi connectivity index (χ1v) is 6.88. The Kier molecular flexibility index (Phi) is 5.08. The fraction of sp³-hybridized carbons (Fsp3) is 0.200. The van der Waals surface area contributed by atoms with Crippen LogP contribution in [0.3, 0.4) is 0 Å². The van der Waals surface area contributed by atoms with Crippen LogP contribution in [0.2, 0.25) is 10.0 Å². The SMILES string of the molecule is CCNCc1ccccc1Oc1ccc(Cl)c(Cl)c1. The van der Waals surface area contributed by atoms with Crippen LogP contribution in [0.4, 0.5) is 0 Å². The van der Waals surface area contributed by atoms with Crippen molar-refractivity contribution in [1.82, 2.24) is 5.32 Å². The Hall–Kier alpha value is -1.22. The Morgan fingerprint density at radius 2 is 1.84 bits per heavy atom. The molecule has 2 rings (SSSR count). The molecule has 0 aliphatic carbocycles. The maximum atomic E-state index is 5.98. The van der Waals surface area contributed by atoms with E-state index in [1.54, 1.807) is 18.2 Å². The van der Waals surface area contributed by atoms with E-state index in [-0.39, 0.29) is 0 Å². The molecule has 19 heavy (non-hydrogen) atoms. The van der Waals surface area contributed by atoms with Gasteiger partial charge in [-0.3, -0.25) is 0 Å². The number of ether oxygens (including phenoxy) is 1. The van der Waals surface area contributed by atoms with E-state index in [1.165, 1.54) is 0 Å². The molecule has 0 amide bonds. The first-order chi connectivity index (χ1) is 9.20. The molecule has 2 aromatic carbocycles. The molecule has 0 saturated heterocycles. The van der Waals surface area contributed by atoms with Crippen molar-refractivity contribution in [2.75, 3.05) is 6.54 Å². The zero-order chi connectivity index (χ0) is 13.7. The number of hydrogen-bond acceptors (Lipinski definition) is 2. The highest BCUT2D eigenvalue weighted by molar-refractivity contribution is 6.42. The highest BCUT2D eigenvalue weighted by atomic mass is 35.5. The number of benzene rings is 2. The summed E-state index contributed by atoms with van der Waals surface area (Å²) < 4.78 is 5.86. The zero-order valence-corrected chi connectivity index (χ0v) is 12.1. The van der Waals surface area contributed by atoms with Gasteiger partial charge < -0.3 is 10.1 Å². The molecule has 0 bridgehead atoms. The zero-order valence-electron chi connectivity index (χ0n) is 10.6. The average molecular weight is 296 g/mol. The summed E-state index contributed by atoms with van der Waals surface area (Å²) in [7, 11) is 0. The summed E-state index contributed by atoms with van der Waals surface area (Å²) >= 11 is 11.9. The molecule has 0 fully saturated rings. The second-order valence-corrected chi connectivity index (χ2v) is 4.88. The van der Waals surface area contributed by atoms with Gasteiger partial charge in [0.05, 0.1) is 10.0 Å². The first-order valence-electron chi connectivity index (χ1n) is 6.12. The lowest BCUT2D eigenvalue weighted by Gasteiger charge is -2.11. The van der Waals surface area contributed by atoms with Gasteiger partial charge in [-0.1, -0.05) is 48.3 Å². The highest BCUT2D eigenvalue weighted by Gasteiger charge is 2.05. The van der Waals surface area contributed by atoms with Crippen LogP contribution in [0.1, 0.15) is 12.5 Å². The molecule has 0 saturated carbocycles. The second kappa shape index (κ2) is 6.80. The van der Waals surface area contributed by atoms with Gasteiger partial charge in [-0.25, -0.2) is 0 Å². The molecular formula is C15H15Cl2NO. The van der Waals surface area contributed by atoms with Crippen LogP contribution in [0, 0.1) is 0 Å². The quantitative estimate of drug-likeness (QED) is 0.847. The molecule has 0 unspecified atom stereocenters. The molecule has 0 radical (unpaired) electrons.